The second-order valence-electron chi connectivity index (χ2n) is 4.68. The molecule has 0 heterocycles. The number of amides is 3. The highest BCUT2D eigenvalue weighted by Gasteiger charge is 2.19. The van der Waals surface area contributed by atoms with E-state index >= 15 is 0 Å². The van der Waals surface area contributed by atoms with Gasteiger partial charge in [0.25, 0.3) is 5.91 Å². The van der Waals surface area contributed by atoms with Gasteiger partial charge in [-0.1, -0.05) is 15.9 Å². The average Bonchev–Trinajstić information content (AvgIpc) is 2.46. The van der Waals surface area contributed by atoms with E-state index in [4.69, 9.17) is 4.74 Å². The largest absolute Gasteiger partial charge is 0.452 e. The summed E-state index contributed by atoms with van der Waals surface area (Å²) in [7, 11) is 0. The summed E-state index contributed by atoms with van der Waals surface area (Å²) in [5.74, 6) is -1.09. The Morgan fingerprint density at radius 3 is 2.65 bits per heavy atom. The zero-order valence-electron chi connectivity index (χ0n) is 13.1. The van der Waals surface area contributed by atoms with E-state index in [-0.39, 0.29) is 5.75 Å². The summed E-state index contributed by atoms with van der Waals surface area (Å²) in [5, 5.41) is 4.52. The first-order valence-electron chi connectivity index (χ1n) is 7.00. The number of rotatable bonds is 6. The summed E-state index contributed by atoms with van der Waals surface area (Å²) in [6.45, 7) is 5.49. The number of aryl methyl sites for hydroxylation is 1. The number of carbonyl (C=O) groups is 3. The number of carbonyl (C=O) groups excluding carboxylic acids is 3. The lowest BCUT2D eigenvalue weighted by molar-refractivity contribution is -0.151. The summed E-state index contributed by atoms with van der Waals surface area (Å²) >= 11 is 4.71. The van der Waals surface area contributed by atoms with Crippen LogP contribution in [0.4, 0.5) is 4.79 Å². The maximum atomic E-state index is 11.8. The number of thioether (sulfide) groups is 1. The molecule has 8 heteroatoms. The zero-order chi connectivity index (χ0) is 17.4. The van der Waals surface area contributed by atoms with Crippen LogP contribution < -0.4 is 10.6 Å². The number of nitrogens with one attached hydrogen (secondary N) is 2. The minimum atomic E-state index is -1.03. The van der Waals surface area contributed by atoms with Crippen molar-refractivity contribution in [1.29, 1.82) is 0 Å². The minimum absolute atomic E-state index is 0.0846. The Morgan fingerprint density at radius 2 is 2.04 bits per heavy atom. The number of halogens is 1. The molecule has 0 spiro atoms. The molecule has 0 aromatic heterocycles. The molecule has 0 unspecified atom stereocenters. The van der Waals surface area contributed by atoms with Crippen molar-refractivity contribution >= 4 is 45.6 Å². The summed E-state index contributed by atoms with van der Waals surface area (Å²) < 4.78 is 5.99. The fourth-order valence-electron chi connectivity index (χ4n) is 1.61. The number of ether oxygens (including phenoxy) is 1. The van der Waals surface area contributed by atoms with Crippen molar-refractivity contribution in [3.05, 3.63) is 28.2 Å². The third-order valence-corrected chi connectivity index (χ3v) is 4.38. The summed E-state index contributed by atoms with van der Waals surface area (Å²) in [5.41, 5.74) is 1.04. The Hall–Kier alpha value is -1.54. The van der Waals surface area contributed by atoms with Crippen LogP contribution >= 0.6 is 27.7 Å². The molecule has 0 aliphatic heterocycles. The lowest BCUT2D eigenvalue weighted by Gasteiger charge is -2.13. The van der Waals surface area contributed by atoms with Crippen LogP contribution in [-0.4, -0.2) is 36.3 Å². The van der Waals surface area contributed by atoms with E-state index in [1.54, 1.807) is 6.92 Å². The lowest BCUT2D eigenvalue weighted by atomic mass is 10.2. The van der Waals surface area contributed by atoms with Gasteiger partial charge in [-0.25, -0.2) is 4.79 Å². The van der Waals surface area contributed by atoms with Crippen LogP contribution in [0.1, 0.15) is 19.4 Å². The topological polar surface area (TPSA) is 84.5 Å². The van der Waals surface area contributed by atoms with Gasteiger partial charge in [0.2, 0.25) is 0 Å². The fourth-order valence-corrected chi connectivity index (χ4v) is 2.88. The Balaban J connectivity index is 2.43. The molecule has 1 atom stereocenters. The maximum absolute atomic E-state index is 11.8. The highest BCUT2D eigenvalue weighted by Crippen LogP contribution is 2.25. The molecule has 0 aliphatic rings. The van der Waals surface area contributed by atoms with Crippen LogP contribution in [0.25, 0.3) is 0 Å². The molecule has 126 valence electrons. The molecule has 0 saturated carbocycles. The predicted molar refractivity (Wildman–Crippen MR) is 92.4 cm³/mol. The van der Waals surface area contributed by atoms with Crippen molar-refractivity contribution in [2.24, 2.45) is 0 Å². The number of hydrogen-bond acceptors (Lipinski definition) is 5. The van der Waals surface area contributed by atoms with Gasteiger partial charge in [-0.3, -0.25) is 14.9 Å². The lowest BCUT2D eigenvalue weighted by Crippen LogP contribution is -2.44. The van der Waals surface area contributed by atoms with Crippen LogP contribution in [0.2, 0.25) is 0 Å². The van der Waals surface area contributed by atoms with Gasteiger partial charge < -0.3 is 10.1 Å². The molecule has 23 heavy (non-hydrogen) atoms. The number of urea groups is 1. The van der Waals surface area contributed by atoms with Gasteiger partial charge in [0.15, 0.2) is 6.10 Å². The highest BCUT2D eigenvalue weighted by molar-refractivity contribution is 9.10. The number of benzene rings is 1. The van der Waals surface area contributed by atoms with Gasteiger partial charge >= 0.3 is 12.0 Å². The SMILES string of the molecule is CCNC(=O)NC(=O)[C@H](C)OC(=O)CSc1ccc(Br)cc1C. The summed E-state index contributed by atoms with van der Waals surface area (Å²) in [6.07, 6.45) is -1.03. The fraction of sp³-hybridized carbons (Fsp3) is 0.400. The first-order chi connectivity index (χ1) is 10.8. The van der Waals surface area contributed by atoms with Gasteiger partial charge in [-0.05, 0) is 44.5 Å². The van der Waals surface area contributed by atoms with Crippen molar-refractivity contribution in [2.45, 2.75) is 31.8 Å². The minimum Gasteiger partial charge on any atom is -0.452 e. The van der Waals surface area contributed by atoms with Gasteiger partial charge in [-0.2, -0.15) is 0 Å². The van der Waals surface area contributed by atoms with Crippen molar-refractivity contribution in [3.63, 3.8) is 0 Å². The molecule has 6 nitrogen and oxygen atoms in total. The zero-order valence-corrected chi connectivity index (χ0v) is 15.5. The van der Waals surface area contributed by atoms with Crippen LogP contribution in [0, 0.1) is 6.92 Å². The third kappa shape index (κ3) is 7.04. The molecule has 0 saturated heterocycles. The van der Waals surface area contributed by atoms with Crippen LogP contribution in [0.15, 0.2) is 27.6 Å². The molecule has 0 fully saturated rings. The normalized spacial score (nSPS) is 11.5. The number of hydrogen-bond donors (Lipinski definition) is 2. The van der Waals surface area contributed by atoms with E-state index in [2.05, 4.69) is 26.6 Å². The molecular weight excluding hydrogens is 384 g/mol. The standard InChI is InChI=1S/C15H19BrN2O4S/c1-4-17-15(21)18-14(20)10(3)22-13(19)8-23-12-6-5-11(16)7-9(12)2/h5-7,10H,4,8H2,1-3H3,(H2,17,18,20,21)/t10-/m0/s1. The van der Waals surface area contributed by atoms with Crippen molar-refractivity contribution in [2.75, 3.05) is 12.3 Å². The Labute approximate surface area is 147 Å². The second-order valence-corrected chi connectivity index (χ2v) is 6.61. The predicted octanol–water partition coefficient (Wildman–Crippen LogP) is 2.63. The monoisotopic (exact) mass is 402 g/mol. The number of imide groups is 1. The molecule has 2 N–H and O–H groups in total. The molecule has 3 amide bonds. The van der Waals surface area contributed by atoms with E-state index in [9.17, 15) is 14.4 Å². The van der Waals surface area contributed by atoms with E-state index in [0.29, 0.717) is 6.54 Å². The summed E-state index contributed by atoms with van der Waals surface area (Å²) in [6, 6.07) is 5.14. The van der Waals surface area contributed by atoms with Gasteiger partial charge in [0, 0.05) is 15.9 Å². The molecule has 0 bridgehead atoms. The van der Waals surface area contributed by atoms with E-state index in [1.807, 2.05) is 25.1 Å². The highest BCUT2D eigenvalue weighted by atomic mass is 79.9. The first kappa shape index (κ1) is 19.5. The Kier molecular flexibility index (Phi) is 8.11. The van der Waals surface area contributed by atoms with Crippen molar-refractivity contribution < 1.29 is 19.1 Å². The van der Waals surface area contributed by atoms with Gasteiger partial charge in [-0.15, -0.1) is 11.8 Å². The second kappa shape index (κ2) is 9.57. The van der Waals surface area contributed by atoms with Crippen molar-refractivity contribution in [1.82, 2.24) is 10.6 Å². The third-order valence-electron chi connectivity index (χ3n) is 2.73. The van der Waals surface area contributed by atoms with Crippen molar-refractivity contribution in [3.8, 4) is 0 Å². The van der Waals surface area contributed by atoms with Gasteiger partial charge in [0.1, 0.15) is 0 Å². The maximum Gasteiger partial charge on any atom is 0.321 e. The first-order valence-corrected chi connectivity index (χ1v) is 8.78. The summed E-state index contributed by atoms with van der Waals surface area (Å²) in [4.78, 5) is 35.6. The van der Waals surface area contributed by atoms with E-state index < -0.39 is 24.0 Å². The van der Waals surface area contributed by atoms with Crippen LogP contribution in [-0.2, 0) is 14.3 Å². The van der Waals surface area contributed by atoms with Crippen LogP contribution in [0.3, 0.4) is 0 Å². The van der Waals surface area contributed by atoms with Crippen LogP contribution in [0.5, 0.6) is 0 Å². The molecule has 1 aromatic carbocycles. The number of esters is 1. The molecule has 1 aromatic rings. The molecule has 0 radical (unpaired) electrons. The Morgan fingerprint density at radius 1 is 1.35 bits per heavy atom. The van der Waals surface area contributed by atoms with Gasteiger partial charge in [0.05, 0.1) is 5.75 Å². The average molecular weight is 403 g/mol. The van der Waals surface area contributed by atoms with E-state index in [1.165, 1.54) is 18.7 Å². The molecule has 1 rings (SSSR count). The quantitative estimate of drug-likeness (QED) is 0.564. The smallest absolute Gasteiger partial charge is 0.321 e. The van der Waals surface area contributed by atoms with E-state index in [0.717, 1.165) is 14.9 Å². The molecule has 0 aliphatic carbocycles. The molecular formula is C15H19BrN2O4S. The Bertz CT molecular complexity index is 595.